The van der Waals surface area contributed by atoms with Crippen LogP contribution in [0.1, 0.15) is 27.0 Å². The van der Waals surface area contributed by atoms with Gasteiger partial charge >= 0.3 is 0 Å². The summed E-state index contributed by atoms with van der Waals surface area (Å²) in [5.74, 6) is -0.0979. The number of nitrogens with one attached hydrogen (secondary N) is 2. The van der Waals surface area contributed by atoms with Crippen LogP contribution < -0.4 is 15.5 Å². The number of amides is 2. The molecule has 2 N–H and O–H groups in total. The van der Waals surface area contributed by atoms with Gasteiger partial charge < -0.3 is 10.1 Å². The quantitative estimate of drug-likeness (QED) is 0.375. The van der Waals surface area contributed by atoms with Crippen molar-refractivity contribution < 1.29 is 14.3 Å². The van der Waals surface area contributed by atoms with Crippen LogP contribution in [0.15, 0.2) is 76.3 Å². The number of hydrogen-bond acceptors (Lipinski definition) is 4. The lowest BCUT2D eigenvalue weighted by molar-refractivity contribution is -0.118. The lowest BCUT2D eigenvalue weighted by atomic mass is 10.1. The van der Waals surface area contributed by atoms with Crippen LogP contribution in [0.2, 0.25) is 0 Å². The van der Waals surface area contributed by atoms with Crippen LogP contribution >= 0.6 is 15.9 Å². The summed E-state index contributed by atoms with van der Waals surface area (Å²) in [7, 11) is 0. The molecular weight excluding hydrogens is 458 g/mol. The van der Waals surface area contributed by atoms with Gasteiger partial charge in [0.2, 0.25) is 0 Å². The van der Waals surface area contributed by atoms with Gasteiger partial charge in [-0.05, 0) is 67.4 Å². The Balaban J connectivity index is 1.59. The number of nitrogens with zero attached hydrogens (tertiary/aromatic N) is 1. The van der Waals surface area contributed by atoms with Gasteiger partial charge in [-0.2, -0.15) is 5.10 Å². The second kappa shape index (κ2) is 10.5. The molecule has 3 aromatic rings. The molecule has 0 spiro atoms. The average molecular weight is 480 g/mol. The lowest BCUT2D eigenvalue weighted by Gasteiger charge is -2.12. The summed E-state index contributed by atoms with van der Waals surface area (Å²) in [6.07, 6.45) is 1.48. The summed E-state index contributed by atoms with van der Waals surface area (Å²) < 4.78 is 6.56. The smallest absolute Gasteiger partial charge is 0.271 e. The van der Waals surface area contributed by atoms with E-state index in [0.29, 0.717) is 16.9 Å². The molecule has 0 unspecified atom stereocenters. The van der Waals surface area contributed by atoms with Crippen LogP contribution in [0, 0.1) is 13.8 Å². The van der Waals surface area contributed by atoms with Crippen molar-refractivity contribution in [1.29, 1.82) is 0 Å². The standard InChI is InChI=1S/C24H22BrN3O3/c1-16-6-5-8-21(17(16)2)27-23(29)15-31-22-9-4-3-7-19(22)14-26-28-24(30)18-10-12-20(25)13-11-18/h3-14H,15H2,1-2H3,(H,27,29)(H,28,30)/b26-14+. The molecule has 6 nitrogen and oxygen atoms in total. The molecular formula is C24H22BrN3O3. The summed E-state index contributed by atoms with van der Waals surface area (Å²) in [4.78, 5) is 24.5. The lowest BCUT2D eigenvalue weighted by Crippen LogP contribution is -2.21. The van der Waals surface area contributed by atoms with Crippen molar-refractivity contribution >= 4 is 39.6 Å². The molecule has 0 fully saturated rings. The number of benzene rings is 3. The highest BCUT2D eigenvalue weighted by molar-refractivity contribution is 9.10. The SMILES string of the molecule is Cc1cccc(NC(=O)COc2ccccc2/C=N/NC(=O)c2ccc(Br)cc2)c1C. The predicted molar refractivity (Wildman–Crippen MR) is 126 cm³/mol. The topological polar surface area (TPSA) is 79.8 Å². The first-order valence-electron chi connectivity index (χ1n) is 9.61. The highest BCUT2D eigenvalue weighted by atomic mass is 79.9. The van der Waals surface area contributed by atoms with E-state index in [-0.39, 0.29) is 18.4 Å². The zero-order valence-electron chi connectivity index (χ0n) is 17.2. The number of hydrogen-bond donors (Lipinski definition) is 2. The third kappa shape index (κ3) is 6.26. The van der Waals surface area contributed by atoms with E-state index in [0.717, 1.165) is 21.3 Å². The first-order valence-corrected chi connectivity index (χ1v) is 10.4. The van der Waals surface area contributed by atoms with Crippen LogP contribution in [0.25, 0.3) is 0 Å². The van der Waals surface area contributed by atoms with Crippen LogP contribution in [0.3, 0.4) is 0 Å². The van der Waals surface area contributed by atoms with Gasteiger partial charge in [0.1, 0.15) is 5.75 Å². The molecule has 0 aliphatic heterocycles. The molecule has 0 aliphatic carbocycles. The minimum atomic E-state index is -0.324. The molecule has 0 atom stereocenters. The highest BCUT2D eigenvalue weighted by Crippen LogP contribution is 2.19. The maximum atomic E-state index is 12.3. The van der Waals surface area contributed by atoms with Crippen molar-refractivity contribution in [3.8, 4) is 5.75 Å². The molecule has 0 aliphatic rings. The monoisotopic (exact) mass is 479 g/mol. The largest absolute Gasteiger partial charge is 0.483 e. The average Bonchev–Trinajstić information content (AvgIpc) is 2.76. The summed E-state index contributed by atoms with van der Waals surface area (Å²) in [6.45, 7) is 3.80. The molecule has 0 bridgehead atoms. The maximum absolute atomic E-state index is 12.3. The number of para-hydroxylation sites is 1. The summed E-state index contributed by atoms with van der Waals surface area (Å²) in [6, 6.07) is 19.8. The number of anilines is 1. The fourth-order valence-corrected chi connectivity index (χ4v) is 3.03. The van der Waals surface area contributed by atoms with E-state index in [1.54, 1.807) is 42.5 Å². The van der Waals surface area contributed by atoms with Crippen molar-refractivity contribution in [3.63, 3.8) is 0 Å². The van der Waals surface area contributed by atoms with Gasteiger partial charge in [-0.3, -0.25) is 9.59 Å². The first kappa shape index (κ1) is 22.2. The summed E-state index contributed by atoms with van der Waals surface area (Å²) in [5.41, 5.74) is 6.50. The second-order valence-electron chi connectivity index (χ2n) is 6.83. The molecule has 7 heteroatoms. The Hall–Kier alpha value is -3.45. The Morgan fingerprint density at radius 2 is 1.74 bits per heavy atom. The van der Waals surface area contributed by atoms with E-state index in [2.05, 4.69) is 31.8 Å². The first-order chi connectivity index (χ1) is 14.9. The molecule has 3 aromatic carbocycles. The number of halogens is 1. The van der Waals surface area contributed by atoms with Crippen LogP contribution in [0.4, 0.5) is 5.69 Å². The number of hydrazone groups is 1. The highest BCUT2D eigenvalue weighted by Gasteiger charge is 2.09. The fraction of sp³-hybridized carbons (Fsp3) is 0.125. The fourth-order valence-electron chi connectivity index (χ4n) is 2.76. The molecule has 3 rings (SSSR count). The number of ether oxygens (including phenoxy) is 1. The Morgan fingerprint density at radius 1 is 1.00 bits per heavy atom. The van der Waals surface area contributed by atoms with E-state index in [4.69, 9.17) is 4.74 Å². The van der Waals surface area contributed by atoms with Gasteiger partial charge in [0.15, 0.2) is 6.61 Å². The minimum absolute atomic E-state index is 0.149. The van der Waals surface area contributed by atoms with Crippen molar-refractivity contribution in [1.82, 2.24) is 5.43 Å². The maximum Gasteiger partial charge on any atom is 0.271 e. The van der Waals surface area contributed by atoms with Gasteiger partial charge in [0.25, 0.3) is 11.8 Å². The number of carbonyl (C=O) groups is 2. The minimum Gasteiger partial charge on any atom is -0.483 e. The van der Waals surface area contributed by atoms with Crippen LogP contribution in [-0.4, -0.2) is 24.6 Å². The van der Waals surface area contributed by atoms with Gasteiger partial charge in [0, 0.05) is 21.3 Å². The van der Waals surface area contributed by atoms with Crippen molar-refractivity contribution in [3.05, 3.63) is 93.5 Å². The van der Waals surface area contributed by atoms with E-state index >= 15 is 0 Å². The van der Waals surface area contributed by atoms with Crippen LogP contribution in [0.5, 0.6) is 5.75 Å². The third-order valence-corrected chi connectivity index (χ3v) is 5.16. The third-order valence-electron chi connectivity index (χ3n) is 4.63. The normalized spacial score (nSPS) is 10.7. The Bertz CT molecular complexity index is 1110. The molecule has 2 amide bonds. The molecule has 0 heterocycles. The Labute approximate surface area is 189 Å². The predicted octanol–water partition coefficient (Wildman–Crippen LogP) is 4.85. The molecule has 31 heavy (non-hydrogen) atoms. The number of aryl methyl sites for hydroxylation is 1. The van der Waals surface area contributed by atoms with E-state index in [9.17, 15) is 9.59 Å². The van der Waals surface area contributed by atoms with Crippen molar-refractivity contribution in [2.45, 2.75) is 13.8 Å². The van der Waals surface area contributed by atoms with Gasteiger partial charge in [-0.25, -0.2) is 5.43 Å². The summed E-state index contributed by atoms with van der Waals surface area (Å²) in [5, 5.41) is 6.86. The summed E-state index contributed by atoms with van der Waals surface area (Å²) >= 11 is 3.33. The molecule has 0 radical (unpaired) electrons. The van der Waals surface area contributed by atoms with Gasteiger partial charge in [0.05, 0.1) is 6.21 Å². The van der Waals surface area contributed by atoms with Gasteiger partial charge in [-0.15, -0.1) is 0 Å². The van der Waals surface area contributed by atoms with E-state index in [1.807, 2.05) is 38.1 Å². The second-order valence-corrected chi connectivity index (χ2v) is 7.74. The Kier molecular flexibility index (Phi) is 7.56. The number of rotatable bonds is 7. The zero-order valence-corrected chi connectivity index (χ0v) is 18.8. The van der Waals surface area contributed by atoms with E-state index in [1.165, 1.54) is 6.21 Å². The number of carbonyl (C=O) groups excluding carboxylic acids is 2. The molecule has 0 aromatic heterocycles. The van der Waals surface area contributed by atoms with Crippen molar-refractivity contribution in [2.75, 3.05) is 11.9 Å². The van der Waals surface area contributed by atoms with Crippen molar-refractivity contribution in [2.24, 2.45) is 5.10 Å². The van der Waals surface area contributed by atoms with Crippen LogP contribution in [-0.2, 0) is 4.79 Å². The molecule has 0 saturated carbocycles. The van der Waals surface area contributed by atoms with Gasteiger partial charge in [-0.1, -0.05) is 40.2 Å². The Morgan fingerprint density at radius 3 is 2.52 bits per heavy atom. The van der Waals surface area contributed by atoms with E-state index < -0.39 is 0 Å². The molecule has 158 valence electrons. The molecule has 0 saturated heterocycles. The zero-order chi connectivity index (χ0) is 22.2.